The minimum atomic E-state index is -3.59. The second kappa shape index (κ2) is 15.4. The summed E-state index contributed by atoms with van der Waals surface area (Å²) in [6.07, 6.45) is 12.2. The van der Waals surface area contributed by atoms with E-state index in [1.807, 2.05) is 29.3 Å². The van der Waals surface area contributed by atoms with Gasteiger partial charge in [-0.05, 0) is 88.2 Å². The number of carbonyl (C=O) groups is 4. The molecule has 4 aliphatic heterocycles. The van der Waals surface area contributed by atoms with Crippen LogP contribution >= 0.6 is 0 Å². The van der Waals surface area contributed by atoms with E-state index >= 15 is 0 Å². The van der Waals surface area contributed by atoms with Crippen molar-refractivity contribution in [2.24, 2.45) is 13.0 Å². The number of aryl methyl sites for hydroxylation is 2. The van der Waals surface area contributed by atoms with E-state index in [4.69, 9.17) is 4.98 Å². The number of carbonyl (C=O) groups excluding carboxylic acids is 4. The van der Waals surface area contributed by atoms with Crippen LogP contribution in [-0.2, 0) is 48.1 Å². The van der Waals surface area contributed by atoms with Gasteiger partial charge in [0.25, 0.3) is 0 Å². The number of nitrogens with one attached hydrogen (secondary N) is 2. The standard InChI is InChI=1S/C42H55N9O7S/c1-26-8-6-11-31(26)51-37-30(42(19-20-42)39(51)55)24-43-40(46-37)44-28-16-22-49(23-17-28)59(57,58)29-18-21-48(25-29)35(53)13-5-3-4-9-27-10-7-12-32-36(27)47(2)41(56)50(32)33-14-15-34(52)45-38(33)54/h7,10,12,24,26,28-29,31,33H,3-6,8-9,11,13-23,25H2,1-2H3,(H,43,44,46)(H,45,52,54). The fraction of sp³-hybridized carbons (Fsp3) is 0.643. The molecule has 5 fully saturated rings. The summed E-state index contributed by atoms with van der Waals surface area (Å²) in [4.78, 5) is 77.6. The number of imidazole rings is 1. The summed E-state index contributed by atoms with van der Waals surface area (Å²) in [5, 5.41) is 5.18. The lowest BCUT2D eigenvalue weighted by Crippen LogP contribution is -2.47. The summed E-state index contributed by atoms with van der Waals surface area (Å²) < 4.78 is 32.2. The van der Waals surface area contributed by atoms with Crippen molar-refractivity contribution in [1.82, 2.24) is 33.6 Å². The van der Waals surface area contributed by atoms with Crippen LogP contribution in [0.3, 0.4) is 0 Å². The Morgan fingerprint density at radius 2 is 1.78 bits per heavy atom. The number of para-hydroxylation sites is 1. The highest BCUT2D eigenvalue weighted by molar-refractivity contribution is 7.89. The van der Waals surface area contributed by atoms with Gasteiger partial charge in [0.1, 0.15) is 11.9 Å². The monoisotopic (exact) mass is 829 g/mol. The van der Waals surface area contributed by atoms with Crippen LogP contribution in [0.4, 0.5) is 11.8 Å². The van der Waals surface area contributed by atoms with Crippen LogP contribution in [0.1, 0.15) is 114 Å². The van der Waals surface area contributed by atoms with E-state index in [-0.39, 0.29) is 54.9 Å². The summed E-state index contributed by atoms with van der Waals surface area (Å²) in [5.74, 6) is 1.04. The molecule has 3 saturated heterocycles. The van der Waals surface area contributed by atoms with Gasteiger partial charge in [0.2, 0.25) is 39.6 Å². The van der Waals surface area contributed by atoms with E-state index in [1.54, 1.807) is 20.8 Å². The summed E-state index contributed by atoms with van der Waals surface area (Å²) in [5.41, 5.74) is 2.63. The molecule has 4 atom stereocenters. The molecule has 316 valence electrons. The van der Waals surface area contributed by atoms with Crippen molar-refractivity contribution in [3.8, 4) is 0 Å². The normalized spacial score (nSPS) is 26.0. The average Bonchev–Trinajstić information content (AvgIpc) is 3.42. The number of hydrogen-bond donors (Lipinski definition) is 2. The number of amides is 4. The number of rotatable bonds is 12. The molecule has 2 aromatic heterocycles. The molecule has 4 amide bonds. The lowest BCUT2D eigenvalue weighted by Gasteiger charge is -2.33. The number of imide groups is 1. The molecule has 1 aromatic carbocycles. The predicted molar refractivity (Wildman–Crippen MR) is 220 cm³/mol. The van der Waals surface area contributed by atoms with Gasteiger partial charge in [-0.1, -0.05) is 31.9 Å². The van der Waals surface area contributed by atoms with E-state index in [1.165, 1.54) is 4.57 Å². The zero-order valence-electron chi connectivity index (χ0n) is 34.0. The number of nitrogens with zero attached hydrogens (tertiary/aromatic N) is 7. The maximum absolute atomic E-state index is 13.8. The van der Waals surface area contributed by atoms with Gasteiger partial charge < -0.3 is 10.2 Å². The zero-order valence-corrected chi connectivity index (χ0v) is 34.8. The van der Waals surface area contributed by atoms with Crippen molar-refractivity contribution in [3.63, 3.8) is 0 Å². The highest BCUT2D eigenvalue weighted by Gasteiger charge is 2.62. The number of fused-ring (bicyclic) bond motifs is 3. The number of likely N-dealkylation sites (tertiary alicyclic amines) is 1. The van der Waals surface area contributed by atoms with Crippen molar-refractivity contribution < 1.29 is 27.6 Å². The predicted octanol–water partition coefficient (Wildman–Crippen LogP) is 3.28. The number of sulfonamides is 1. The Balaban J connectivity index is 0.738. The fourth-order valence-electron chi connectivity index (χ4n) is 10.6. The third-order valence-electron chi connectivity index (χ3n) is 14.1. The minimum absolute atomic E-state index is 0.00531. The Kier molecular flexibility index (Phi) is 10.4. The first kappa shape index (κ1) is 39.8. The molecule has 2 aliphatic carbocycles. The fourth-order valence-corrected chi connectivity index (χ4v) is 12.5. The second-order valence-corrected chi connectivity index (χ2v) is 20.0. The van der Waals surface area contributed by atoms with E-state index in [9.17, 15) is 32.4 Å². The molecule has 9 rings (SSSR count). The van der Waals surface area contributed by atoms with Crippen LogP contribution in [0, 0.1) is 5.92 Å². The first-order chi connectivity index (χ1) is 28.4. The molecule has 17 heteroatoms. The summed E-state index contributed by atoms with van der Waals surface area (Å²) in [7, 11) is -1.89. The molecule has 6 aliphatic rings. The molecule has 16 nitrogen and oxygen atoms in total. The van der Waals surface area contributed by atoms with Crippen LogP contribution in [0.25, 0.3) is 11.0 Å². The maximum atomic E-state index is 13.8. The third-order valence-corrected chi connectivity index (χ3v) is 16.5. The van der Waals surface area contributed by atoms with Crippen LogP contribution < -0.4 is 21.2 Å². The van der Waals surface area contributed by atoms with Crippen molar-refractivity contribution >= 4 is 56.5 Å². The number of piperidine rings is 2. The average molecular weight is 830 g/mol. The molecule has 0 bridgehead atoms. The van der Waals surface area contributed by atoms with Crippen LogP contribution in [0.5, 0.6) is 0 Å². The van der Waals surface area contributed by atoms with Crippen molar-refractivity contribution in [1.29, 1.82) is 0 Å². The molecule has 2 saturated carbocycles. The van der Waals surface area contributed by atoms with Gasteiger partial charge >= 0.3 is 5.69 Å². The number of aromatic nitrogens is 4. The lowest BCUT2D eigenvalue weighted by atomic mass is 10.0. The molecule has 3 aromatic rings. The molecule has 0 radical (unpaired) electrons. The molecule has 4 unspecified atom stereocenters. The van der Waals surface area contributed by atoms with Gasteiger partial charge in [-0.25, -0.2) is 22.5 Å². The van der Waals surface area contributed by atoms with Gasteiger partial charge in [-0.3, -0.25) is 38.5 Å². The first-order valence-electron chi connectivity index (χ1n) is 21.6. The van der Waals surface area contributed by atoms with Gasteiger partial charge in [-0.2, -0.15) is 4.98 Å². The minimum Gasteiger partial charge on any atom is -0.351 e. The topological polar surface area (TPSA) is 189 Å². The van der Waals surface area contributed by atoms with E-state index in [2.05, 4.69) is 22.5 Å². The Hall–Kier alpha value is -4.64. The summed E-state index contributed by atoms with van der Waals surface area (Å²) in [6.45, 7) is 3.62. The van der Waals surface area contributed by atoms with Gasteiger partial charge in [0, 0.05) is 69.9 Å². The van der Waals surface area contributed by atoms with Gasteiger partial charge in [0.05, 0.1) is 21.7 Å². The highest BCUT2D eigenvalue weighted by atomic mass is 32.2. The molecular formula is C42H55N9O7S. The Labute approximate surface area is 344 Å². The van der Waals surface area contributed by atoms with Crippen LogP contribution in [0.15, 0.2) is 29.2 Å². The van der Waals surface area contributed by atoms with Crippen molar-refractivity contribution in [2.45, 2.75) is 132 Å². The number of hydrogen-bond acceptors (Lipinski definition) is 10. The van der Waals surface area contributed by atoms with E-state index in [0.29, 0.717) is 75.5 Å². The van der Waals surface area contributed by atoms with Crippen molar-refractivity contribution in [2.75, 3.05) is 36.4 Å². The smallest absolute Gasteiger partial charge is 0.329 e. The summed E-state index contributed by atoms with van der Waals surface area (Å²) >= 11 is 0. The molecule has 59 heavy (non-hydrogen) atoms. The number of unbranched alkanes of at least 4 members (excludes halogenated alkanes) is 2. The lowest BCUT2D eigenvalue weighted by molar-refractivity contribution is -0.136. The third kappa shape index (κ3) is 7.04. The van der Waals surface area contributed by atoms with Gasteiger partial charge in [-0.15, -0.1) is 0 Å². The number of benzene rings is 1. The molecular weight excluding hydrogens is 775 g/mol. The van der Waals surface area contributed by atoms with E-state index in [0.717, 1.165) is 67.4 Å². The quantitative estimate of drug-likeness (QED) is 0.203. The van der Waals surface area contributed by atoms with Crippen molar-refractivity contribution in [3.05, 3.63) is 46.0 Å². The molecule has 6 heterocycles. The second-order valence-electron chi connectivity index (χ2n) is 17.8. The number of anilines is 2. The van der Waals surface area contributed by atoms with Crippen LogP contribution in [0.2, 0.25) is 0 Å². The maximum Gasteiger partial charge on any atom is 0.329 e. The Morgan fingerprint density at radius 1 is 0.983 bits per heavy atom. The van der Waals surface area contributed by atoms with Gasteiger partial charge in [0.15, 0.2) is 0 Å². The SMILES string of the molecule is CC1CCCC1N1C(=O)C2(CC2)c2cnc(NC3CCN(S(=O)(=O)C4CCN(C(=O)CCCCCc5cccc6c5n(C)c(=O)n6C5CCC(=O)NC5=O)C4)CC3)nc21. The first-order valence-corrected chi connectivity index (χ1v) is 23.1. The van der Waals surface area contributed by atoms with Crippen LogP contribution in [-0.4, -0.2) is 104 Å². The Bertz CT molecular complexity index is 2360. The molecule has 1 spiro atoms. The summed E-state index contributed by atoms with van der Waals surface area (Å²) in [6, 6.07) is 5.12. The largest absolute Gasteiger partial charge is 0.351 e. The highest BCUT2D eigenvalue weighted by Crippen LogP contribution is 2.58. The van der Waals surface area contributed by atoms with E-state index < -0.39 is 32.6 Å². The Morgan fingerprint density at radius 3 is 2.51 bits per heavy atom. The molecule has 2 N–H and O–H groups in total. The zero-order chi connectivity index (χ0) is 41.2.